The van der Waals surface area contributed by atoms with Crippen molar-refractivity contribution in [2.75, 3.05) is 12.8 Å². The van der Waals surface area contributed by atoms with Gasteiger partial charge in [0.1, 0.15) is 0 Å². The Bertz CT molecular complexity index is 277. The number of rotatable bonds is 1. The fourth-order valence-corrected chi connectivity index (χ4v) is 1.60. The van der Waals surface area contributed by atoms with E-state index >= 15 is 0 Å². The Morgan fingerprint density at radius 2 is 2.18 bits per heavy atom. The first-order valence-electron chi connectivity index (χ1n) is 2.94. The van der Waals surface area contributed by atoms with E-state index < -0.39 is 0 Å². The third-order valence-corrected chi connectivity index (χ3v) is 2.48. The molecule has 60 valence electrons. The van der Waals surface area contributed by atoms with E-state index in [1.807, 2.05) is 6.07 Å². The molecule has 0 atom stereocenters. The first-order chi connectivity index (χ1) is 5.16. The zero-order valence-electron chi connectivity index (χ0n) is 5.90. The zero-order chi connectivity index (χ0) is 8.43. The maximum atomic E-state index is 5.76. The summed E-state index contributed by atoms with van der Waals surface area (Å²) in [5.41, 5.74) is 6.13. The molecule has 0 spiro atoms. The Labute approximate surface area is 83.8 Å². The number of halogens is 2. The summed E-state index contributed by atoms with van der Waals surface area (Å²) in [7, 11) is 1.57. The molecule has 0 amide bonds. The quantitative estimate of drug-likeness (QED) is 0.635. The second kappa shape index (κ2) is 3.49. The summed E-state index contributed by atoms with van der Waals surface area (Å²) in [6.07, 6.45) is 0. The summed E-state index contributed by atoms with van der Waals surface area (Å²) in [5, 5.41) is 0.530. The minimum absolute atomic E-state index is 0.501. The third-order valence-electron chi connectivity index (χ3n) is 1.30. The van der Waals surface area contributed by atoms with Crippen LogP contribution in [-0.4, -0.2) is 7.11 Å². The minimum Gasteiger partial charge on any atom is -0.493 e. The molecular formula is C7H7ClINO. The van der Waals surface area contributed by atoms with Crippen LogP contribution in [0.2, 0.25) is 5.02 Å². The molecule has 1 rings (SSSR count). The average Bonchev–Trinajstić information content (AvgIpc) is 1.99. The lowest BCUT2D eigenvalue weighted by atomic mass is 10.3. The number of methoxy groups -OCH3 is 1. The van der Waals surface area contributed by atoms with Crippen molar-refractivity contribution in [2.45, 2.75) is 0 Å². The summed E-state index contributed by atoms with van der Waals surface area (Å²) in [5.74, 6) is 0.651. The van der Waals surface area contributed by atoms with Crippen molar-refractivity contribution < 1.29 is 4.74 Å². The zero-order valence-corrected chi connectivity index (χ0v) is 8.81. The molecule has 0 aliphatic heterocycles. The molecule has 0 aliphatic rings. The van der Waals surface area contributed by atoms with Crippen LogP contribution in [0, 0.1) is 3.57 Å². The number of ether oxygens (including phenoxy) is 1. The van der Waals surface area contributed by atoms with Gasteiger partial charge in [0, 0.05) is 0 Å². The largest absolute Gasteiger partial charge is 0.493 e. The Morgan fingerprint density at radius 3 is 2.64 bits per heavy atom. The van der Waals surface area contributed by atoms with Crippen LogP contribution in [0.5, 0.6) is 5.75 Å². The highest BCUT2D eigenvalue weighted by molar-refractivity contribution is 14.1. The molecule has 2 N–H and O–H groups in total. The van der Waals surface area contributed by atoms with Crippen LogP contribution in [0.25, 0.3) is 0 Å². The molecule has 0 saturated heterocycles. The van der Waals surface area contributed by atoms with E-state index in [1.54, 1.807) is 13.2 Å². The van der Waals surface area contributed by atoms with Crippen molar-refractivity contribution in [3.63, 3.8) is 0 Å². The molecule has 0 fully saturated rings. The number of benzene rings is 1. The Hall–Kier alpha value is -0.160. The first kappa shape index (κ1) is 8.93. The molecule has 1 aromatic rings. The summed E-state index contributed by atoms with van der Waals surface area (Å²) < 4.78 is 6.00. The van der Waals surface area contributed by atoms with E-state index in [4.69, 9.17) is 22.1 Å². The number of nitrogens with two attached hydrogens (primary N) is 1. The van der Waals surface area contributed by atoms with Crippen LogP contribution in [0.4, 0.5) is 5.69 Å². The molecular weight excluding hydrogens is 276 g/mol. The fourth-order valence-electron chi connectivity index (χ4n) is 0.756. The summed E-state index contributed by atoms with van der Waals surface area (Å²) in [6.45, 7) is 0. The van der Waals surface area contributed by atoms with Gasteiger partial charge in [-0.3, -0.25) is 0 Å². The third kappa shape index (κ3) is 1.70. The number of nitrogen functional groups attached to an aromatic ring is 1. The monoisotopic (exact) mass is 283 g/mol. The lowest BCUT2D eigenvalue weighted by molar-refractivity contribution is 0.414. The molecule has 0 aromatic heterocycles. The van der Waals surface area contributed by atoms with Crippen LogP contribution in [0.15, 0.2) is 12.1 Å². The normalized spacial score (nSPS) is 9.73. The van der Waals surface area contributed by atoms with Gasteiger partial charge < -0.3 is 10.5 Å². The molecule has 2 nitrogen and oxygen atoms in total. The van der Waals surface area contributed by atoms with Crippen LogP contribution in [0.3, 0.4) is 0 Å². The predicted octanol–water partition coefficient (Wildman–Crippen LogP) is 2.54. The van der Waals surface area contributed by atoms with E-state index in [-0.39, 0.29) is 0 Å². The van der Waals surface area contributed by atoms with Gasteiger partial charge in [-0.15, -0.1) is 0 Å². The van der Waals surface area contributed by atoms with Crippen molar-refractivity contribution in [1.82, 2.24) is 0 Å². The van der Waals surface area contributed by atoms with Crippen molar-refractivity contribution in [2.24, 2.45) is 0 Å². The molecule has 0 heterocycles. The first-order valence-corrected chi connectivity index (χ1v) is 4.40. The van der Waals surface area contributed by atoms with Crippen molar-refractivity contribution >= 4 is 39.9 Å². The van der Waals surface area contributed by atoms with Gasteiger partial charge in [0.2, 0.25) is 0 Å². The molecule has 0 saturated carbocycles. The Balaban J connectivity index is 3.29. The number of hydrogen-bond acceptors (Lipinski definition) is 2. The second-order valence-electron chi connectivity index (χ2n) is 1.98. The van der Waals surface area contributed by atoms with E-state index in [9.17, 15) is 0 Å². The molecule has 0 bridgehead atoms. The number of anilines is 1. The summed E-state index contributed by atoms with van der Waals surface area (Å²) >= 11 is 7.90. The van der Waals surface area contributed by atoms with E-state index in [0.717, 1.165) is 3.57 Å². The van der Waals surface area contributed by atoms with Gasteiger partial charge in [0.15, 0.2) is 5.75 Å². The van der Waals surface area contributed by atoms with Gasteiger partial charge in [-0.05, 0) is 34.7 Å². The lowest BCUT2D eigenvalue weighted by Gasteiger charge is -2.07. The van der Waals surface area contributed by atoms with E-state index in [2.05, 4.69) is 22.6 Å². The maximum absolute atomic E-state index is 5.76. The van der Waals surface area contributed by atoms with E-state index in [0.29, 0.717) is 16.5 Å². The Morgan fingerprint density at radius 1 is 1.55 bits per heavy atom. The van der Waals surface area contributed by atoms with Gasteiger partial charge >= 0.3 is 0 Å². The summed E-state index contributed by atoms with van der Waals surface area (Å²) in [6, 6.07) is 3.61. The van der Waals surface area contributed by atoms with Crippen molar-refractivity contribution in [3.05, 3.63) is 20.7 Å². The highest BCUT2D eigenvalue weighted by Crippen LogP contribution is 2.33. The highest BCUT2D eigenvalue weighted by Gasteiger charge is 2.06. The SMILES string of the molecule is COc1c(I)ccc(Cl)c1N. The van der Waals surface area contributed by atoms with Crippen LogP contribution in [0.1, 0.15) is 0 Å². The van der Waals surface area contributed by atoms with Crippen LogP contribution >= 0.6 is 34.2 Å². The van der Waals surface area contributed by atoms with Crippen molar-refractivity contribution in [1.29, 1.82) is 0 Å². The minimum atomic E-state index is 0.501. The molecule has 11 heavy (non-hydrogen) atoms. The van der Waals surface area contributed by atoms with Crippen LogP contribution in [-0.2, 0) is 0 Å². The smallest absolute Gasteiger partial charge is 0.156 e. The van der Waals surface area contributed by atoms with Crippen LogP contribution < -0.4 is 10.5 Å². The fraction of sp³-hybridized carbons (Fsp3) is 0.143. The lowest BCUT2D eigenvalue weighted by Crippen LogP contribution is -1.95. The van der Waals surface area contributed by atoms with Gasteiger partial charge in [-0.1, -0.05) is 11.6 Å². The summed E-state index contributed by atoms with van der Waals surface area (Å²) in [4.78, 5) is 0. The Kier molecular flexibility index (Phi) is 2.84. The maximum Gasteiger partial charge on any atom is 0.156 e. The van der Waals surface area contributed by atoms with Gasteiger partial charge in [0.25, 0.3) is 0 Å². The van der Waals surface area contributed by atoms with E-state index in [1.165, 1.54) is 0 Å². The van der Waals surface area contributed by atoms with Gasteiger partial charge in [-0.2, -0.15) is 0 Å². The average molecular weight is 283 g/mol. The second-order valence-corrected chi connectivity index (χ2v) is 3.55. The predicted molar refractivity (Wildman–Crippen MR) is 55.1 cm³/mol. The van der Waals surface area contributed by atoms with Gasteiger partial charge in [-0.25, -0.2) is 0 Å². The topological polar surface area (TPSA) is 35.2 Å². The van der Waals surface area contributed by atoms with Crippen molar-refractivity contribution in [3.8, 4) is 5.75 Å². The highest BCUT2D eigenvalue weighted by atomic mass is 127. The van der Waals surface area contributed by atoms with Gasteiger partial charge in [0.05, 0.1) is 21.4 Å². The standard InChI is InChI=1S/C7H7ClINO/c1-11-7-5(9)3-2-4(8)6(7)10/h2-3H,10H2,1H3. The molecule has 4 heteroatoms. The molecule has 0 unspecified atom stereocenters. The molecule has 0 radical (unpaired) electrons. The molecule has 1 aromatic carbocycles. The molecule has 0 aliphatic carbocycles. The number of hydrogen-bond donors (Lipinski definition) is 1.